The fourth-order valence-corrected chi connectivity index (χ4v) is 4.66. The molecule has 0 saturated carbocycles. The van der Waals surface area contributed by atoms with Gasteiger partial charge in [-0.15, -0.1) is 0 Å². The van der Waals surface area contributed by atoms with Gasteiger partial charge in [0.25, 0.3) is 0 Å². The lowest BCUT2D eigenvalue weighted by atomic mass is 9.98. The Morgan fingerprint density at radius 2 is 1.75 bits per heavy atom. The number of amides is 1. The van der Waals surface area contributed by atoms with Crippen LogP contribution in [0.25, 0.3) is 11.1 Å². The highest BCUT2D eigenvalue weighted by Crippen LogP contribution is 2.44. The van der Waals surface area contributed by atoms with E-state index in [-0.39, 0.29) is 12.0 Å². The summed E-state index contributed by atoms with van der Waals surface area (Å²) in [5.74, 6) is 0.959. The van der Waals surface area contributed by atoms with E-state index in [0.717, 1.165) is 30.8 Å². The summed E-state index contributed by atoms with van der Waals surface area (Å²) in [7, 11) is 0. The van der Waals surface area contributed by atoms with Crippen LogP contribution < -0.4 is 15.4 Å². The summed E-state index contributed by atoms with van der Waals surface area (Å²) >= 11 is 0. The Hall–Kier alpha value is -3.47. The second kappa shape index (κ2) is 8.95. The van der Waals surface area contributed by atoms with Gasteiger partial charge >= 0.3 is 6.09 Å². The topological polar surface area (TPSA) is 59.6 Å². The first kappa shape index (κ1) is 20.4. The lowest BCUT2D eigenvalue weighted by Gasteiger charge is -2.16. The maximum absolute atomic E-state index is 12.4. The highest BCUT2D eigenvalue weighted by molar-refractivity contribution is 5.79. The van der Waals surface area contributed by atoms with Gasteiger partial charge in [0.05, 0.1) is 6.54 Å². The Bertz CT molecular complexity index is 1080. The van der Waals surface area contributed by atoms with Crippen LogP contribution in [0.4, 0.5) is 10.5 Å². The molecule has 32 heavy (non-hydrogen) atoms. The zero-order valence-corrected chi connectivity index (χ0v) is 18.3. The van der Waals surface area contributed by atoms with Crippen molar-refractivity contribution in [3.8, 4) is 16.9 Å². The molecule has 0 aromatic heterocycles. The number of benzene rings is 3. The van der Waals surface area contributed by atoms with Crippen molar-refractivity contribution in [3.63, 3.8) is 0 Å². The first-order chi connectivity index (χ1) is 15.7. The maximum atomic E-state index is 12.4. The number of fused-ring (bicyclic) bond motifs is 4. The molecule has 0 bridgehead atoms. The predicted octanol–water partition coefficient (Wildman–Crippen LogP) is 5.35. The Labute approximate surface area is 188 Å². The summed E-state index contributed by atoms with van der Waals surface area (Å²) in [4.78, 5) is 12.4. The number of hydrogen-bond acceptors (Lipinski definition) is 4. The molecule has 2 aliphatic rings. The predicted molar refractivity (Wildman–Crippen MR) is 126 cm³/mol. The summed E-state index contributed by atoms with van der Waals surface area (Å²) in [6.07, 6.45) is 1.38. The number of alkyl carbamates (subject to hydrolysis) is 1. The quantitative estimate of drug-likeness (QED) is 0.533. The van der Waals surface area contributed by atoms with E-state index in [2.05, 4.69) is 47.9 Å². The largest absolute Gasteiger partial charge is 0.488 e. The Morgan fingerprint density at radius 1 is 1.03 bits per heavy atom. The molecule has 0 spiro atoms. The molecule has 0 fully saturated rings. The van der Waals surface area contributed by atoms with Gasteiger partial charge in [-0.2, -0.15) is 0 Å². The van der Waals surface area contributed by atoms with Crippen LogP contribution in [0.3, 0.4) is 0 Å². The van der Waals surface area contributed by atoms with E-state index in [1.807, 2.05) is 36.4 Å². The maximum Gasteiger partial charge on any atom is 0.407 e. The molecule has 0 saturated heterocycles. The third-order valence-corrected chi connectivity index (χ3v) is 6.20. The fourth-order valence-electron chi connectivity index (χ4n) is 4.66. The minimum atomic E-state index is -0.406. The second-order valence-electron chi connectivity index (χ2n) is 8.40. The molecule has 3 aromatic carbocycles. The number of carbonyl (C=O) groups excluding carboxylic acids is 1. The number of nitrogens with one attached hydrogen (secondary N) is 2. The highest BCUT2D eigenvalue weighted by Gasteiger charge is 2.29. The molecule has 1 unspecified atom stereocenters. The van der Waals surface area contributed by atoms with Crippen molar-refractivity contribution in [1.82, 2.24) is 5.32 Å². The molecule has 3 aromatic rings. The molecule has 1 atom stereocenters. The second-order valence-corrected chi connectivity index (χ2v) is 8.40. The Kier molecular flexibility index (Phi) is 5.71. The Balaban J connectivity index is 1.15. The molecule has 1 aliphatic carbocycles. The van der Waals surface area contributed by atoms with Crippen LogP contribution in [0.15, 0.2) is 66.7 Å². The first-order valence-electron chi connectivity index (χ1n) is 11.3. The van der Waals surface area contributed by atoms with Crippen molar-refractivity contribution in [3.05, 3.63) is 83.4 Å². The van der Waals surface area contributed by atoms with Crippen molar-refractivity contribution in [1.29, 1.82) is 0 Å². The number of hydrogen-bond donors (Lipinski definition) is 2. The smallest absolute Gasteiger partial charge is 0.407 e. The third-order valence-electron chi connectivity index (χ3n) is 6.20. The summed E-state index contributed by atoms with van der Waals surface area (Å²) in [6.45, 7) is 3.84. The van der Waals surface area contributed by atoms with Crippen molar-refractivity contribution >= 4 is 11.8 Å². The van der Waals surface area contributed by atoms with Gasteiger partial charge in [0, 0.05) is 24.6 Å². The average Bonchev–Trinajstić information content (AvgIpc) is 3.38. The third kappa shape index (κ3) is 4.03. The number of rotatable bonds is 7. The lowest BCUT2D eigenvalue weighted by molar-refractivity contribution is 0.136. The minimum Gasteiger partial charge on any atom is -0.488 e. The van der Waals surface area contributed by atoms with Crippen molar-refractivity contribution in [2.24, 2.45) is 0 Å². The van der Waals surface area contributed by atoms with Crippen LogP contribution in [0.2, 0.25) is 0 Å². The normalized spacial score (nSPS) is 16.0. The van der Waals surface area contributed by atoms with Crippen LogP contribution in [0.5, 0.6) is 5.75 Å². The van der Waals surface area contributed by atoms with Crippen LogP contribution in [-0.2, 0) is 11.2 Å². The standard InChI is InChI=1S/C27H28N2O3/c1-2-13-28-19-11-12-26-18(14-19)15-20(32-26)16-29-27(30)31-17-25-23-9-5-3-7-21(23)22-8-4-6-10-24(22)25/h3-12,14,20,25,28H,2,13,15-17H2,1H3,(H,29,30). The first-order valence-corrected chi connectivity index (χ1v) is 11.3. The van der Waals surface area contributed by atoms with Gasteiger partial charge < -0.3 is 20.1 Å². The van der Waals surface area contributed by atoms with Crippen LogP contribution in [0, 0.1) is 0 Å². The molecule has 1 amide bonds. The van der Waals surface area contributed by atoms with Gasteiger partial charge in [-0.3, -0.25) is 0 Å². The average molecular weight is 429 g/mol. The fraction of sp³-hybridized carbons (Fsp3) is 0.296. The summed E-state index contributed by atoms with van der Waals surface area (Å²) in [5.41, 5.74) is 7.15. The van der Waals surface area contributed by atoms with Gasteiger partial charge in [-0.25, -0.2) is 4.79 Å². The summed E-state index contributed by atoms with van der Waals surface area (Å²) in [5, 5.41) is 6.28. The molecule has 0 radical (unpaired) electrons. The SMILES string of the molecule is CCCNc1ccc2c(c1)CC(CNC(=O)OCC1c3ccccc3-c3ccccc31)O2. The summed E-state index contributed by atoms with van der Waals surface area (Å²) in [6, 6.07) is 22.9. The van der Waals surface area contributed by atoms with E-state index in [1.54, 1.807) is 0 Å². The summed E-state index contributed by atoms with van der Waals surface area (Å²) < 4.78 is 11.6. The number of ether oxygens (including phenoxy) is 2. The highest BCUT2D eigenvalue weighted by atomic mass is 16.5. The van der Waals surface area contributed by atoms with E-state index < -0.39 is 6.09 Å². The Morgan fingerprint density at radius 3 is 2.47 bits per heavy atom. The molecule has 1 aliphatic heterocycles. The van der Waals surface area contributed by atoms with Gasteiger partial charge in [-0.1, -0.05) is 55.5 Å². The zero-order chi connectivity index (χ0) is 21.9. The monoisotopic (exact) mass is 428 g/mol. The van der Waals surface area contributed by atoms with E-state index >= 15 is 0 Å². The van der Waals surface area contributed by atoms with Gasteiger partial charge in [0.2, 0.25) is 0 Å². The molecular formula is C27H28N2O3. The lowest BCUT2D eigenvalue weighted by Crippen LogP contribution is -2.35. The molecule has 2 N–H and O–H groups in total. The van der Waals surface area contributed by atoms with E-state index in [1.165, 1.54) is 27.8 Å². The van der Waals surface area contributed by atoms with Crippen molar-refractivity contribution < 1.29 is 14.3 Å². The van der Waals surface area contributed by atoms with Crippen LogP contribution >= 0.6 is 0 Å². The van der Waals surface area contributed by atoms with Gasteiger partial charge in [0.1, 0.15) is 18.5 Å². The van der Waals surface area contributed by atoms with E-state index in [4.69, 9.17) is 9.47 Å². The minimum absolute atomic E-state index is 0.0641. The zero-order valence-electron chi connectivity index (χ0n) is 18.3. The molecule has 164 valence electrons. The van der Waals surface area contributed by atoms with E-state index in [0.29, 0.717) is 13.2 Å². The van der Waals surface area contributed by atoms with Gasteiger partial charge in [-0.05, 0) is 52.4 Å². The van der Waals surface area contributed by atoms with Crippen molar-refractivity contribution in [2.75, 3.05) is 25.0 Å². The number of carbonyl (C=O) groups is 1. The van der Waals surface area contributed by atoms with E-state index in [9.17, 15) is 4.79 Å². The molecule has 5 nitrogen and oxygen atoms in total. The molecule has 5 heteroatoms. The molecule has 5 rings (SSSR count). The van der Waals surface area contributed by atoms with Gasteiger partial charge in [0.15, 0.2) is 0 Å². The van der Waals surface area contributed by atoms with Crippen molar-refractivity contribution in [2.45, 2.75) is 31.8 Å². The number of anilines is 1. The molecule has 1 heterocycles. The van der Waals surface area contributed by atoms with Crippen LogP contribution in [0.1, 0.15) is 36.0 Å². The molecular weight excluding hydrogens is 400 g/mol. The van der Waals surface area contributed by atoms with Crippen LogP contribution in [-0.4, -0.2) is 31.9 Å².